The third-order valence-corrected chi connectivity index (χ3v) is 1.84. The number of aliphatic hydroxyl groups excluding tert-OH is 1. The Labute approximate surface area is 84.5 Å². The van der Waals surface area contributed by atoms with Crippen LogP contribution < -0.4 is 0 Å². The largest absolute Gasteiger partial charge is 0.380 e. The molecule has 0 bridgehead atoms. The summed E-state index contributed by atoms with van der Waals surface area (Å²) in [5.74, 6) is 2.24. The highest BCUT2D eigenvalue weighted by molar-refractivity contribution is 5.13. The first kappa shape index (κ1) is 10.8. The van der Waals surface area contributed by atoms with Crippen LogP contribution >= 0.6 is 0 Å². The minimum atomic E-state index is -0.689. The molecule has 0 amide bonds. The van der Waals surface area contributed by atoms with Crippen LogP contribution in [0.15, 0.2) is 30.3 Å². The van der Waals surface area contributed by atoms with Gasteiger partial charge in [-0.2, -0.15) is 0 Å². The van der Waals surface area contributed by atoms with Crippen LogP contribution in [0.5, 0.6) is 0 Å². The topological polar surface area (TPSA) is 29.5 Å². The van der Waals surface area contributed by atoms with Gasteiger partial charge in [-0.05, 0) is 5.56 Å². The van der Waals surface area contributed by atoms with Crippen molar-refractivity contribution in [3.05, 3.63) is 35.9 Å². The van der Waals surface area contributed by atoms with Gasteiger partial charge in [0, 0.05) is 6.42 Å². The molecule has 1 rings (SSSR count). The number of benzene rings is 1. The zero-order chi connectivity index (χ0) is 10.2. The molecule has 14 heavy (non-hydrogen) atoms. The average Bonchev–Trinajstić information content (AvgIpc) is 2.25. The molecule has 0 aliphatic rings. The fourth-order valence-corrected chi connectivity index (χ4v) is 1.04. The van der Waals surface area contributed by atoms with E-state index in [4.69, 9.17) is 16.3 Å². The summed E-state index contributed by atoms with van der Waals surface area (Å²) in [6, 6.07) is 9.89. The number of terminal acetylenes is 1. The van der Waals surface area contributed by atoms with Gasteiger partial charge in [0.1, 0.15) is 6.10 Å². The van der Waals surface area contributed by atoms with E-state index in [2.05, 4.69) is 5.92 Å². The Hall–Kier alpha value is -1.30. The molecule has 0 spiro atoms. The van der Waals surface area contributed by atoms with Crippen LogP contribution in [-0.2, 0) is 11.3 Å². The van der Waals surface area contributed by atoms with E-state index >= 15 is 0 Å². The van der Waals surface area contributed by atoms with Gasteiger partial charge in [0.2, 0.25) is 0 Å². The van der Waals surface area contributed by atoms with Gasteiger partial charge in [-0.3, -0.25) is 0 Å². The van der Waals surface area contributed by atoms with Crippen molar-refractivity contribution in [2.75, 3.05) is 6.61 Å². The summed E-state index contributed by atoms with van der Waals surface area (Å²) in [5, 5.41) is 9.04. The zero-order valence-corrected chi connectivity index (χ0v) is 8.02. The summed E-state index contributed by atoms with van der Waals surface area (Å²) in [6.07, 6.45) is 4.81. The number of hydrogen-bond acceptors (Lipinski definition) is 2. The fraction of sp³-hybridized carbons (Fsp3) is 0.333. The third kappa shape index (κ3) is 4.08. The van der Waals surface area contributed by atoms with Crippen molar-refractivity contribution >= 4 is 0 Å². The standard InChI is InChI=1S/C12H14O2/c1-2-12(13)8-9-14-10-11-6-4-3-5-7-11/h1,3-7,12-13H,8-10H2/t12-/m1/s1. The molecule has 0 aliphatic heterocycles. The molecule has 0 heterocycles. The van der Waals surface area contributed by atoms with Crippen molar-refractivity contribution in [3.63, 3.8) is 0 Å². The van der Waals surface area contributed by atoms with E-state index in [0.29, 0.717) is 19.6 Å². The Bertz CT molecular complexity index is 287. The summed E-state index contributed by atoms with van der Waals surface area (Å²) in [4.78, 5) is 0. The first-order chi connectivity index (χ1) is 6.83. The smallest absolute Gasteiger partial charge is 0.116 e. The summed E-state index contributed by atoms with van der Waals surface area (Å²) >= 11 is 0. The van der Waals surface area contributed by atoms with E-state index in [0.717, 1.165) is 5.56 Å². The Balaban J connectivity index is 2.14. The molecule has 1 N–H and O–H groups in total. The lowest BCUT2D eigenvalue weighted by atomic mass is 10.2. The van der Waals surface area contributed by atoms with E-state index in [1.165, 1.54) is 0 Å². The van der Waals surface area contributed by atoms with E-state index in [1.54, 1.807) is 0 Å². The highest BCUT2D eigenvalue weighted by atomic mass is 16.5. The lowest BCUT2D eigenvalue weighted by molar-refractivity contribution is 0.0907. The van der Waals surface area contributed by atoms with Gasteiger partial charge in [0.05, 0.1) is 13.2 Å². The predicted molar refractivity (Wildman–Crippen MR) is 55.6 cm³/mol. The Morgan fingerprint density at radius 3 is 2.71 bits per heavy atom. The van der Waals surface area contributed by atoms with Crippen molar-refractivity contribution in [1.29, 1.82) is 0 Å². The molecule has 0 radical (unpaired) electrons. The van der Waals surface area contributed by atoms with E-state index in [9.17, 15) is 0 Å². The quantitative estimate of drug-likeness (QED) is 0.564. The van der Waals surface area contributed by atoms with Crippen LogP contribution in [0.1, 0.15) is 12.0 Å². The first-order valence-corrected chi connectivity index (χ1v) is 4.59. The molecular weight excluding hydrogens is 176 g/mol. The molecule has 2 nitrogen and oxygen atoms in total. The summed E-state index contributed by atoms with van der Waals surface area (Å²) < 4.78 is 5.34. The van der Waals surface area contributed by atoms with E-state index < -0.39 is 6.10 Å². The number of hydrogen-bond donors (Lipinski definition) is 1. The van der Waals surface area contributed by atoms with Gasteiger partial charge in [0.25, 0.3) is 0 Å². The maximum absolute atomic E-state index is 9.04. The summed E-state index contributed by atoms with van der Waals surface area (Å²) in [7, 11) is 0. The van der Waals surface area contributed by atoms with Gasteiger partial charge >= 0.3 is 0 Å². The van der Waals surface area contributed by atoms with Gasteiger partial charge in [-0.25, -0.2) is 0 Å². The molecule has 1 aromatic rings. The third-order valence-electron chi connectivity index (χ3n) is 1.84. The number of rotatable bonds is 5. The molecule has 1 aromatic carbocycles. The highest BCUT2D eigenvalue weighted by Gasteiger charge is 1.98. The lowest BCUT2D eigenvalue weighted by Gasteiger charge is -2.05. The molecule has 2 heteroatoms. The van der Waals surface area contributed by atoms with Crippen molar-refractivity contribution in [1.82, 2.24) is 0 Å². The molecule has 0 aromatic heterocycles. The SMILES string of the molecule is C#C[C@@H](O)CCOCc1ccccc1. The normalized spacial score (nSPS) is 12.0. The highest BCUT2D eigenvalue weighted by Crippen LogP contribution is 2.01. The van der Waals surface area contributed by atoms with Crippen LogP contribution in [0.3, 0.4) is 0 Å². The summed E-state index contributed by atoms with van der Waals surface area (Å²) in [6.45, 7) is 1.05. The zero-order valence-electron chi connectivity index (χ0n) is 8.02. The number of aliphatic hydroxyl groups is 1. The maximum atomic E-state index is 9.04. The molecule has 0 fully saturated rings. The monoisotopic (exact) mass is 190 g/mol. The second-order valence-corrected chi connectivity index (χ2v) is 3.01. The lowest BCUT2D eigenvalue weighted by Crippen LogP contribution is -2.07. The first-order valence-electron chi connectivity index (χ1n) is 4.59. The second kappa shape index (κ2) is 6.20. The maximum Gasteiger partial charge on any atom is 0.116 e. The van der Waals surface area contributed by atoms with Gasteiger partial charge in [-0.1, -0.05) is 36.3 Å². The predicted octanol–water partition coefficient (Wildman–Crippen LogP) is 1.59. The Morgan fingerprint density at radius 1 is 1.36 bits per heavy atom. The second-order valence-electron chi connectivity index (χ2n) is 3.01. The van der Waals surface area contributed by atoms with E-state index in [-0.39, 0.29) is 0 Å². The molecule has 0 saturated carbocycles. The minimum Gasteiger partial charge on any atom is -0.380 e. The number of ether oxygens (including phenoxy) is 1. The average molecular weight is 190 g/mol. The van der Waals surface area contributed by atoms with Crippen LogP contribution in [0.4, 0.5) is 0 Å². The van der Waals surface area contributed by atoms with Crippen LogP contribution in [0.25, 0.3) is 0 Å². The Morgan fingerprint density at radius 2 is 2.07 bits per heavy atom. The molecule has 1 atom stereocenters. The summed E-state index contributed by atoms with van der Waals surface area (Å²) in [5.41, 5.74) is 1.13. The fourth-order valence-electron chi connectivity index (χ4n) is 1.04. The van der Waals surface area contributed by atoms with Crippen LogP contribution in [0, 0.1) is 12.3 Å². The molecule has 0 saturated heterocycles. The van der Waals surface area contributed by atoms with E-state index in [1.807, 2.05) is 30.3 Å². The van der Waals surface area contributed by atoms with Gasteiger partial charge in [0.15, 0.2) is 0 Å². The molecule has 0 aliphatic carbocycles. The van der Waals surface area contributed by atoms with Gasteiger partial charge in [-0.15, -0.1) is 6.42 Å². The van der Waals surface area contributed by atoms with Crippen molar-refractivity contribution < 1.29 is 9.84 Å². The molecule has 0 unspecified atom stereocenters. The molecule has 74 valence electrons. The Kier molecular flexibility index (Phi) is 4.77. The van der Waals surface area contributed by atoms with Crippen molar-refractivity contribution in [2.45, 2.75) is 19.1 Å². The minimum absolute atomic E-state index is 0.486. The van der Waals surface area contributed by atoms with Gasteiger partial charge < -0.3 is 9.84 Å². The van der Waals surface area contributed by atoms with Crippen LogP contribution in [-0.4, -0.2) is 17.8 Å². The van der Waals surface area contributed by atoms with Crippen molar-refractivity contribution in [3.8, 4) is 12.3 Å². The van der Waals surface area contributed by atoms with Crippen LogP contribution in [0.2, 0.25) is 0 Å². The molecular formula is C12H14O2. The van der Waals surface area contributed by atoms with Crippen molar-refractivity contribution in [2.24, 2.45) is 0 Å².